The summed E-state index contributed by atoms with van der Waals surface area (Å²) in [6.45, 7) is -1.19. The van der Waals surface area contributed by atoms with Gasteiger partial charge in [0.05, 0.1) is 49.6 Å². The third kappa shape index (κ3) is 6.13. The lowest BCUT2D eigenvalue weighted by Crippen LogP contribution is -2.70. The van der Waals surface area contributed by atoms with E-state index in [2.05, 4.69) is 23.1 Å². The number of aliphatic hydroxyl groups is 3. The maximum absolute atomic E-state index is 14.8. The average molecular weight is 812 g/mol. The Balaban J connectivity index is 1.11. The van der Waals surface area contributed by atoms with Crippen LogP contribution in [0.1, 0.15) is 68.2 Å². The summed E-state index contributed by atoms with van der Waals surface area (Å²) in [6, 6.07) is 8.57. The first-order valence-corrected chi connectivity index (χ1v) is 20.2. The minimum Gasteiger partial charge on any atom is -0.506 e. The number of phenols is 1. The fourth-order valence-electron chi connectivity index (χ4n) is 9.85. The number of hydrogen-bond donors (Lipinski definition) is 4. The van der Waals surface area contributed by atoms with Crippen LogP contribution in [0.15, 0.2) is 76.5 Å². The van der Waals surface area contributed by atoms with E-state index >= 15 is 0 Å². The zero-order valence-electron chi connectivity index (χ0n) is 32.8. The summed E-state index contributed by atoms with van der Waals surface area (Å²) in [4.78, 5) is 34.5. The summed E-state index contributed by atoms with van der Waals surface area (Å²) < 4.78 is 30.6. The van der Waals surface area contributed by atoms with Gasteiger partial charge in [-0.25, -0.2) is 0 Å². The number of benzene rings is 3. The molecule has 10 rings (SSSR count). The van der Waals surface area contributed by atoms with Crippen molar-refractivity contribution >= 4 is 34.8 Å². The van der Waals surface area contributed by atoms with Crippen LogP contribution in [0.2, 0.25) is 0 Å². The molecule has 3 aliphatic carbocycles. The van der Waals surface area contributed by atoms with Crippen LogP contribution >= 0.6 is 0 Å². The van der Waals surface area contributed by atoms with Gasteiger partial charge < -0.3 is 49.0 Å². The Morgan fingerprint density at radius 1 is 1.17 bits per heavy atom. The van der Waals surface area contributed by atoms with Crippen molar-refractivity contribution in [3.05, 3.63) is 111 Å². The van der Waals surface area contributed by atoms with Gasteiger partial charge in [-0.3, -0.25) is 9.59 Å². The van der Waals surface area contributed by atoms with Crippen molar-refractivity contribution in [2.45, 2.75) is 68.3 Å². The first-order valence-electron chi connectivity index (χ1n) is 20.2. The van der Waals surface area contributed by atoms with Gasteiger partial charge in [-0.2, -0.15) is 4.99 Å². The van der Waals surface area contributed by atoms with E-state index in [4.69, 9.17) is 23.7 Å². The number of hydrogen-bond acceptors (Lipinski definition) is 12. The van der Waals surface area contributed by atoms with Crippen molar-refractivity contribution in [3.8, 4) is 29.3 Å². The highest BCUT2D eigenvalue weighted by atomic mass is 16.7. The monoisotopic (exact) mass is 811 g/mol. The number of carbonyl (C=O) groups is 2. The van der Waals surface area contributed by atoms with Gasteiger partial charge in [-0.1, -0.05) is 36.6 Å². The molecule has 6 bridgehead atoms. The maximum atomic E-state index is 14.8. The fourth-order valence-corrected chi connectivity index (χ4v) is 9.85. The second-order valence-corrected chi connectivity index (χ2v) is 16.3. The molecule has 13 heteroatoms. The first kappa shape index (κ1) is 38.3. The maximum Gasteiger partial charge on any atom is 0.254 e. The highest BCUT2D eigenvalue weighted by molar-refractivity contribution is 6.13. The van der Waals surface area contributed by atoms with Gasteiger partial charge in [0.25, 0.3) is 5.91 Å². The van der Waals surface area contributed by atoms with Crippen LogP contribution in [-0.4, -0.2) is 107 Å². The molecule has 3 aromatic rings. The van der Waals surface area contributed by atoms with E-state index in [0.717, 1.165) is 47.2 Å². The summed E-state index contributed by atoms with van der Waals surface area (Å²) in [5.74, 6) is 2.28. The normalized spacial score (nSPS) is 28.5. The number of allylic oxidation sites excluding steroid dienone is 5. The summed E-state index contributed by atoms with van der Waals surface area (Å²) >= 11 is 0. The van der Waals surface area contributed by atoms with Crippen LogP contribution < -0.4 is 9.47 Å². The minimum atomic E-state index is -2.43. The number of aliphatic hydroxyl groups excluding tert-OH is 2. The van der Waals surface area contributed by atoms with E-state index in [9.17, 15) is 30.0 Å². The van der Waals surface area contributed by atoms with Gasteiger partial charge in [0.1, 0.15) is 47.7 Å². The highest BCUT2D eigenvalue weighted by Gasteiger charge is 2.59. The van der Waals surface area contributed by atoms with Crippen molar-refractivity contribution in [1.82, 2.24) is 4.90 Å². The lowest BCUT2D eigenvalue weighted by molar-refractivity contribution is -0.327. The Morgan fingerprint density at radius 3 is 2.90 bits per heavy atom. The number of Topliss-reactive ketones (excluding diaryl/α,β-unsaturated/α-hetero) is 1. The van der Waals surface area contributed by atoms with Crippen molar-refractivity contribution in [2.24, 2.45) is 10.9 Å². The summed E-state index contributed by atoms with van der Waals surface area (Å²) in [5.41, 5.74) is 3.56. The molecule has 4 aliphatic heterocycles. The summed E-state index contributed by atoms with van der Waals surface area (Å²) in [7, 11) is 1.48. The number of fused-ring (bicyclic) bond motifs is 10. The topological polar surface area (TPSA) is 177 Å². The number of ketones is 1. The van der Waals surface area contributed by atoms with Gasteiger partial charge in [-0.15, -0.1) is 0 Å². The van der Waals surface area contributed by atoms with Crippen LogP contribution in [0.5, 0.6) is 17.2 Å². The van der Waals surface area contributed by atoms with Crippen molar-refractivity contribution in [2.75, 3.05) is 33.5 Å². The number of rotatable bonds is 6. The third-order valence-electron chi connectivity index (χ3n) is 12.9. The lowest BCUT2D eigenvalue weighted by atomic mass is 9.76. The molecule has 13 nitrogen and oxygen atoms in total. The van der Waals surface area contributed by atoms with Crippen LogP contribution in [0.3, 0.4) is 0 Å². The molecule has 7 unspecified atom stereocenters. The fraction of sp³-hybridized carbons (Fsp3) is 0.362. The molecule has 306 valence electrons. The predicted octanol–water partition coefficient (Wildman–Crippen LogP) is 4.45. The third-order valence-corrected chi connectivity index (χ3v) is 12.9. The Kier molecular flexibility index (Phi) is 9.58. The molecule has 0 spiro atoms. The van der Waals surface area contributed by atoms with Gasteiger partial charge >= 0.3 is 0 Å². The second-order valence-electron chi connectivity index (χ2n) is 16.3. The molecule has 3 aromatic carbocycles. The molecule has 7 aliphatic rings. The largest absolute Gasteiger partial charge is 0.506 e. The van der Waals surface area contributed by atoms with Gasteiger partial charge in [-0.05, 0) is 59.1 Å². The van der Waals surface area contributed by atoms with E-state index in [1.165, 1.54) is 18.1 Å². The van der Waals surface area contributed by atoms with E-state index in [0.29, 0.717) is 27.8 Å². The van der Waals surface area contributed by atoms with E-state index < -0.39 is 42.6 Å². The number of amides is 1. The minimum absolute atomic E-state index is 0.0387. The smallest absolute Gasteiger partial charge is 0.254 e. The number of aromatic hydroxyl groups is 1. The molecule has 1 saturated heterocycles. The van der Waals surface area contributed by atoms with Crippen molar-refractivity contribution in [1.29, 1.82) is 0 Å². The Labute approximate surface area is 345 Å². The molecule has 1 amide bonds. The summed E-state index contributed by atoms with van der Waals surface area (Å²) in [5, 5.41) is 48.2. The summed E-state index contributed by atoms with van der Waals surface area (Å²) in [6.07, 6.45) is 12.8. The van der Waals surface area contributed by atoms with Crippen LogP contribution in [0, 0.1) is 24.4 Å². The van der Waals surface area contributed by atoms with Gasteiger partial charge in [0, 0.05) is 54.6 Å². The molecule has 0 aromatic heterocycles. The molecule has 7 atom stereocenters. The van der Waals surface area contributed by atoms with Crippen LogP contribution in [0.4, 0.5) is 0 Å². The average Bonchev–Trinajstić information content (AvgIpc) is 3.99. The van der Waals surface area contributed by atoms with Crippen molar-refractivity contribution in [3.63, 3.8) is 0 Å². The zero-order chi connectivity index (χ0) is 41.3. The molecule has 4 N–H and O–H groups in total. The van der Waals surface area contributed by atoms with Crippen molar-refractivity contribution < 1.29 is 53.7 Å². The molecule has 2 fully saturated rings. The molecular formula is C47H43N2O11+. The standard InChI is InChI=1S/C47H42N2O11/c1-56-28-17-33-31-15-14-26-8-4-11-30(26)39(31)41-36(51)21-49-20-34-25(7-5-12-32(34)45(49)54)9-6-16-58-44-42(52)38(23-57-22-27-19-48-35-13-3-2-10-29(27)35)60-46(47(44,55)24-50)59-37(18-28)40(33)43(41)53/h2-3,5,7,10,12-15,17-19,26,30,38,42,44,46,50,52,55H,4,8-9,11,20-24H2,1H3/p+1. The number of carbonyl (C=O) groups excluding carboxylic acids is 2. The number of methoxy groups -OCH3 is 1. The molecular weight excluding hydrogens is 769 g/mol. The highest BCUT2D eigenvalue weighted by Crippen LogP contribution is 2.53. The number of phenolic OH excluding ortho intramolecular Hbond substituents is 1. The van der Waals surface area contributed by atoms with E-state index in [-0.39, 0.29) is 72.9 Å². The second kappa shape index (κ2) is 15.0. The molecule has 1 saturated carbocycles. The quantitative estimate of drug-likeness (QED) is 0.205. The molecule has 0 radical (unpaired) electrons. The van der Waals surface area contributed by atoms with E-state index in [1.54, 1.807) is 24.4 Å². The van der Waals surface area contributed by atoms with Gasteiger partial charge in [0.15, 0.2) is 23.2 Å². The van der Waals surface area contributed by atoms with Crippen LogP contribution in [0.25, 0.3) is 16.8 Å². The zero-order valence-corrected chi connectivity index (χ0v) is 32.8. The number of aliphatic imine (C=N–C) groups is 1. The Hall–Kier alpha value is -5.88. The Morgan fingerprint density at radius 2 is 2.05 bits per heavy atom. The SMILES string of the molecule is COc1cc2c3c(O)c(c4c(c3c1)C=CC1CCCC41)C(=O)CN1Cc3c(cccc3C1=O)CC#COC1C(O)C(COCC3=C4[CH+]C=CC=C4N=C3)OC(O2)C1(O)CO. The number of nitrogens with zero attached hydrogens (tertiary/aromatic N) is 2. The lowest BCUT2D eigenvalue weighted by Gasteiger charge is -2.47. The number of ether oxygens (including phenoxy) is 5. The Bertz CT molecular complexity index is 2560. The molecule has 4 heterocycles. The first-order chi connectivity index (χ1) is 29.2. The predicted molar refractivity (Wildman–Crippen MR) is 218 cm³/mol. The molecule has 60 heavy (non-hydrogen) atoms. The van der Waals surface area contributed by atoms with Gasteiger partial charge in [0.2, 0.25) is 6.29 Å². The van der Waals surface area contributed by atoms with E-state index in [1.807, 2.05) is 36.8 Å². The van der Waals surface area contributed by atoms with Crippen LogP contribution in [-0.2, 0) is 27.2 Å².